The van der Waals surface area contributed by atoms with Gasteiger partial charge in [0.25, 0.3) is 0 Å². The maximum absolute atomic E-state index is 10.9. The van der Waals surface area contributed by atoms with Crippen molar-refractivity contribution < 1.29 is 9.59 Å². The molecule has 2 heterocycles. The number of thioether (sulfide) groups is 1. The zero-order valence-corrected chi connectivity index (χ0v) is 6.63. The number of aldehydes is 1. The molecule has 0 saturated carbocycles. The summed E-state index contributed by atoms with van der Waals surface area (Å²) in [5.41, 5.74) is 0.708. The molecule has 0 bridgehead atoms. The molecule has 0 aliphatic carbocycles. The number of fused-ring (bicyclic) bond motifs is 1. The maximum Gasteiger partial charge on any atom is 0.226 e. The summed E-state index contributed by atoms with van der Waals surface area (Å²) >= 11 is 1.56. The molecule has 0 spiro atoms. The standard InChI is InChI=1S/C7H7NO2S/c9-3-5-2-8-6(10)1-7(8)11-4-5/h3-4,7H,1-2H2/t7-/m1/s1. The van der Waals surface area contributed by atoms with Gasteiger partial charge in [0, 0.05) is 5.57 Å². The second-order valence-electron chi connectivity index (χ2n) is 2.63. The zero-order chi connectivity index (χ0) is 7.84. The third-order valence-electron chi connectivity index (χ3n) is 1.90. The third kappa shape index (κ3) is 0.976. The summed E-state index contributed by atoms with van der Waals surface area (Å²) in [5, 5.41) is 2.16. The Morgan fingerprint density at radius 3 is 3.18 bits per heavy atom. The van der Waals surface area contributed by atoms with Gasteiger partial charge in [-0.3, -0.25) is 9.59 Å². The minimum atomic E-state index is 0.162. The monoisotopic (exact) mass is 169 g/mol. The Hall–Kier alpha value is -0.770. The highest BCUT2D eigenvalue weighted by atomic mass is 32.2. The highest BCUT2D eigenvalue weighted by molar-refractivity contribution is 8.02. The summed E-state index contributed by atoms with van der Waals surface area (Å²) in [6.07, 6.45) is 1.45. The van der Waals surface area contributed by atoms with Crippen LogP contribution < -0.4 is 0 Å². The van der Waals surface area contributed by atoms with Crippen LogP contribution in [0.1, 0.15) is 6.42 Å². The molecule has 3 nitrogen and oxygen atoms in total. The molecule has 1 amide bonds. The number of hydrogen-bond donors (Lipinski definition) is 0. The third-order valence-corrected chi connectivity index (χ3v) is 3.07. The van der Waals surface area contributed by atoms with Crippen molar-refractivity contribution in [3.63, 3.8) is 0 Å². The van der Waals surface area contributed by atoms with Crippen molar-refractivity contribution in [1.29, 1.82) is 0 Å². The summed E-state index contributed by atoms with van der Waals surface area (Å²) in [6.45, 7) is 0.514. The van der Waals surface area contributed by atoms with Crippen molar-refractivity contribution >= 4 is 24.0 Å². The molecule has 0 aromatic rings. The van der Waals surface area contributed by atoms with Crippen LogP contribution in [0.4, 0.5) is 0 Å². The fourth-order valence-corrected chi connectivity index (χ4v) is 2.24. The predicted molar refractivity (Wildman–Crippen MR) is 41.9 cm³/mol. The molecule has 1 atom stereocenters. The molecule has 0 aromatic heterocycles. The average molecular weight is 169 g/mol. The molecule has 0 radical (unpaired) electrons. The van der Waals surface area contributed by atoms with Crippen LogP contribution in [-0.4, -0.2) is 29.0 Å². The summed E-state index contributed by atoms with van der Waals surface area (Å²) < 4.78 is 0. The fourth-order valence-electron chi connectivity index (χ4n) is 1.20. The van der Waals surface area contributed by atoms with Gasteiger partial charge in [-0.15, -0.1) is 11.8 Å². The van der Waals surface area contributed by atoms with Gasteiger partial charge in [-0.25, -0.2) is 0 Å². The smallest absolute Gasteiger partial charge is 0.226 e. The Morgan fingerprint density at radius 2 is 2.55 bits per heavy atom. The summed E-state index contributed by atoms with van der Waals surface area (Å²) in [5.74, 6) is 0.162. The van der Waals surface area contributed by atoms with E-state index < -0.39 is 0 Å². The molecule has 4 heteroatoms. The molecule has 2 aliphatic rings. The second-order valence-corrected chi connectivity index (χ2v) is 3.68. The van der Waals surface area contributed by atoms with Gasteiger partial charge in [0.2, 0.25) is 5.91 Å². The van der Waals surface area contributed by atoms with Gasteiger partial charge >= 0.3 is 0 Å². The van der Waals surface area contributed by atoms with Crippen molar-refractivity contribution in [2.24, 2.45) is 0 Å². The second kappa shape index (κ2) is 2.37. The minimum Gasteiger partial charge on any atom is -0.325 e. The Labute approximate surface area is 68.4 Å². The lowest BCUT2D eigenvalue weighted by Gasteiger charge is -2.41. The number of carbonyl (C=O) groups is 2. The molecular formula is C7H7NO2S. The van der Waals surface area contributed by atoms with Crippen molar-refractivity contribution in [1.82, 2.24) is 4.90 Å². The molecule has 2 aliphatic heterocycles. The molecule has 2 rings (SSSR count). The molecule has 58 valence electrons. The maximum atomic E-state index is 10.9. The van der Waals surface area contributed by atoms with Crippen LogP contribution in [0, 0.1) is 0 Å². The highest BCUT2D eigenvalue weighted by Crippen LogP contribution is 2.34. The summed E-state index contributed by atoms with van der Waals surface area (Å²) in [7, 11) is 0. The van der Waals surface area contributed by atoms with Crippen LogP contribution in [0.3, 0.4) is 0 Å². The number of nitrogens with zero attached hydrogens (tertiary/aromatic N) is 1. The van der Waals surface area contributed by atoms with E-state index in [9.17, 15) is 9.59 Å². The van der Waals surface area contributed by atoms with Gasteiger partial charge in [-0.2, -0.15) is 0 Å². The van der Waals surface area contributed by atoms with E-state index in [1.165, 1.54) is 0 Å². The van der Waals surface area contributed by atoms with Crippen LogP contribution in [0.25, 0.3) is 0 Å². The number of amides is 1. The zero-order valence-electron chi connectivity index (χ0n) is 5.82. The van der Waals surface area contributed by atoms with E-state index in [2.05, 4.69) is 0 Å². The topological polar surface area (TPSA) is 37.4 Å². The Balaban J connectivity index is 2.13. The van der Waals surface area contributed by atoms with E-state index in [1.54, 1.807) is 16.7 Å². The van der Waals surface area contributed by atoms with Crippen molar-refractivity contribution in [3.8, 4) is 0 Å². The van der Waals surface area contributed by atoms with E-state index >= 15 is 0 Å². The molecule has 0 unspecified atom stereocenters. The van der Waals surface area contributed by atoms with Crippen molar-refractivity contribution in [2.45, 2.75) is 11.8 Å². The van der Waals surface area contributed by atoms with E-state index in [1.807, 2.05) is 5.41 Å². The quantitative estimate of drug-likeness (QED) is 0.420. The lowest BCUT2D eigenvalue weighted by Crippen LogP contribution is -2.52. The molecule has 1 fully saturated rings. The van der Waals surface area contributed by atoms with E-state index in [4.69, 9.17) is 0 Å². The normalized spacial score (nSPS) is 28.7. The lowest BCUT2D eigenvalue weighted by molar-refractivity contribution is -0.140. The Morgan fingerprint density at radius 1 is 1.73 bits per heavy atom. The van der Waals surface area contributed by atoms with Crippen LogP contribution in [0.5, 0.6) is 0 Å². The van der Waals surface area contributed by atoms with Gasteiger partial charge in [0.05, 0.1) is 18.3 Å². The predicted octanol–water partition coefficient (Wildman–Crippen LogP) is 0.374. The number of carbonyl (C=O) groups excluding carboxylic acids is 2. The number of hydrogen-bond acceptors (Lipinski definition) is 3. The van der Waals surface area contributed by atoms with Crippen molar-refractivity contribution in [3.05, 3.63) is 11.0 Å². The molecule has 0 N–H and O–H groups in total. The largest absolute Gasteiger partial charge is 0.325 e. The van der Waals surface area contributed by atoms with Gasteiger partial charge in [0.15, 0.2) is 0 Å². The number of rotatable bonds is 1. The highest BCUT2D eigenvalue weighted by Gasteiger charge is 2.38. The SMILES string of the molecule is O=CC1=CS[C@@H]2CC(=O)N2C1. The van der Waals surface area contributed by atoms with Crippen LogP contribution in [0.2, 0.25) is 0 Å². The van der Waals surface area contributed by atoms with Gasteiger partial charge in [0.1, 0.15) is 6.29 Å². The molecule has 0 aromatic carbocycles. The van der Waals surface area contributed by atoms with Crippen molar-refractivity contribution in [2.75, 3.05) is 6.54 Å². The molecule has 1 saturated heterocycles. The first-order valence-corrected chi connectivity index (χ1v) is 4.34. The Kier molecular flexibility index (Phi) is 1.49. The number of β-lactam (4-membered cyclic amide) rings is 1. The van der Waals surface area contributed by atoms with Gasteiger partial charge in [-0.05, 0) is 5.41 Å². The lowest BCUT2D eigenvalue weighted by atomic mass is 10.1. The minimum absolute atomic E-state index is 0.162. The van der Waals surface area contributed by atoms with E-state index in [-0.39, 0.29) is 5.91 Å². The average Bonchev–Trinajstić information content (AvgIpc) is 2.03. The first-order valence-electron chi connectivity index (χ1n) is 3.40. The summed E-state index contributed by atoms with van der Waals surface area (Å²) in [6, 6.07) is 0. The van der Waals surface area contributed by atoms with E-state index in [0.29, 0.717) is 23.9 Å². The molecule has 11 heavy (non-hydrogen) atoms. The van der Waals surface area contributed by atoms with E-state index in [0.717, 1.165) is 6.29 Å². The first kappa shape index (κ1) is 6.91. The summed E-state index contributed by atoms with van der Waals surface area (Å²) in [4.78, 5) is 22.9. The molecular weight excluding hydrogens is 162 g/mol. The van der Waals surface area contributed by atoms with Gasteiger partial charge in [-0.1, -0.05) is 0 Å². The van der Waals surface area contributed by atoms with Crippen LogP contribution in [-0.2, 0) is 9.59 Å². The van der Waals surface area contributed by atoms with Crippen LogP contribution in [0.15, 0.2) is 11.0 Å². The van der Waals surface area contributed by atoms with Gasteiger partial charge < -0.3 is 4.90 Å². The van der Waals surface area contributed by atoms with Crippen LogP contribution >= 0.6 is 11.8 Å². The fraction of sp³-hybridized carbons (Fsp3) is 0.429. The Bertz CT molecular complexity index is 249. The first-order chi connectivity index (χ1) is 5.31.